The molecule has 0 saturated carbocycles. The van der Waals surface area contributed by atoms with Gasteiger partial charge in [0, 0.05) is 26.6 Å². The van der Waals surface area contributed by atoms with Crippen molar-refractivity contribution in [2.24, 2.45) is 4.99 Å². The van der Waals surface area contributed by atoms with Gasteiger partial charge in [-0.25, -0.2) is 0 Å². The van der Waals surface area contributed by atoms with E-state index >= 15 is 0 Å². The van der Waals surface area contributed by atoms with Gasteiger partial charge in [-0.05, 0) is 36.2 Å². The van der Waals surface area contributed by atoms with E-state index in [2.05, 4.69) is 27.8 Å². The van der Waals surface area contributed by atoms with Crippen LogP contribution in [0.2, 0.25) is 0 Å². The lowest BCUT2D eigenvalue weighted by molar-refractivity contribution is 0.414. The first-order valence-electron chi connectivity index (χ1n) is 7.41. The van der Waals surface area contributed by atoms with Crippen LogP contribution in [0, 0.1) is 0 Å². The fourth-order valence-corrected chi connectivity index (χ4v) is 2.10. The summed E-state index contributed by atoms with van der Waals surface area (Å²) < 4.78 is 10.4. The van der Waals surface area contributed by atoms with Gasteiger partial charge in [-0.3, -0.25) is 4.99 Å². The molecule has 0 aliphatic rings. The summed E-state index contributed by atoms with van der Waals surface area (Å²) in [6.45, 7) is 1.61. The lowest BCUT2D eigenvalue weighted by Gasteiger charge is -2.11. The summed E-state index contributed by atoms with van der Waals surface area (Å²) in [5.74, 6) is 2.66. The van der Waals surface area contributed by atoms with E-state index < -0.39 is 0 Å². The third kappa shape index (κ3) is 6.94. The van der Waals surface area contributed by atoms with Gasteiger partial charge in [0.05, 0.1) is 13.4 Å². The Morgan fingerprint density at radius 3 is 2.35 bits per heavy atom. The molecule has 2 N–H and O–H groups in total. The van der Waals surface area contributed by atoms with Gasteiger partial charge in [-0.1, -0.05) is 12.1 Å². The van der Waals surface area contributed by atoms with E-state index in [0.29, 0.717) is 0 Å². The van der Waals surface area contributed by atoms with E-state index in [4.69, 9.17) is 9.15 Å². The zero-order valence-corrected chi connectivity index (χ0v) is 15.9. The molecular formula is C17H24IN3O2. The van der Waals surface area contributed by atoms with Crippen LogP contribution in [0.1, 0.15) is 11.3 Å². The molecular weight excluding hydrogens is 405 g/mol. The third-order valence-corrected chi connectivity index (χ3v) is 3.33. The SMILES string of the molecule is CN=C(NCCc1ccc(OC)cc1)NCCc1ccco1.I. The maximum absolute atomic E-state index is 5.30. The van der Waals surface area contributed by atoms with Gasteiger partial charge in [0.2, 0.25) is 0 Å². The van der Waals surface area contributed by atoms with E-state index in [1.54, 1.807) is 20.4 Å². The predicted octanol–water partition coefficient (Wildman–Crippen LogP) is 2.86. The minimum absolute atomic E-state index is 0. The number of nitrogens with zero attached hydrogens (tertiary/aromatic N) is 1. The molecule has 2 rings (SSSR count). The Bertz CT molecular complexity index is 568. The highest BCUT2D eigenvalue weighted by Gasteiger charge is 2.00. The Hall–Kier alpha value is -1.70. The first kappa shape index (κ1) is 19.3. The number of aliphatic imine (C=N–C) groups is 1. The number of halogens is 1. The number of furan rings is 1. The van der Waals surface area contributed by atoms with E-state index in [1.807, 2.05) is 24.3 Å². The second-order valence-corrected chi connectivity index (χ2v) is 4.85. The quantitative estimate of drug-likeness (QED) is 0.404. The molecule has 0 unspecified atom stereocenters. The van der Waals surface area contributed by atoms with Crippen molar-refractivity contribution < 1.29 is 9.15 Å². The molecule has 0 saturated heterocycles. The summed E-state index contributed by atoms with van der Waals surface area (Å²) in [5.41, 5.74) is 1.26. The predicted molar refractivity (Wildman–Crippen MR) is 104 cm³/mol. The van der Waals surface area contributed by atoms with Gasteiger partial charge in [0.1, 0.15) is 11.5 Å². The minimum atomic E-state index is 0. The molecule has 0 radical (unpaired) electrons. The Morgan fingerprint density at radius 1 is 1.09 bits per heavy atom. The first-order valence-corrected chi connectivity index (χ1v) is 7.41. The molecule has 5 nitrogen and oxygen atoms in total. The van der Waals surface area contributed by atoms with Crippen LogP contribution in [-0.2, 0) is 12.8 Å². The average molecular weight is 429 g/mol. The first-order chi connectivity index (χ1) is 10.8. The number of benzene rings is 1. The Morgan fingerprint density at radius 2 is 1.78 bits per heavy atom. The summed E-state index contributed by atoms with van der Waals surface area (Å²) >= 11 is 0. The lowest BCUT2D eigenvalue weighted by atomic mass is 10.1. The smallest absolute Gasteiger partial charge is 0.191 e. The third-order valence-electron chi connectivity index (χ3n) is 3.33. The summed E-state index contributed by atoms with van der Waals surface area (Å²) in [4.78, 5) is 4.21. The lowest BCUT2D eigenvalue weighted by Crippen LogP contribution is -2.39. The molecule has 0 amide bonds. The second kappa shape index (κ2) is 10.9. The van der Waals surface area contributed by atoms with Gasteiger partial charge in [0.25, 0.3) is 0 Å². The van der Waals surface area contributed by atoms with Crippen molar-refractivity contribution in [3.8, 4) is 5.75 Å². The van der Waals surface area contributed by atoms with Crippen molar-refractivity contribution in [2.45, 2.75) is 12.8 Å². The molecule has 1 aromatic heterocycles. The minimum Gasteiger partial charge on any atom is -0.497 e. The molecule has 6 heteroatoms. The maximum atomic E-state index is 5.30. The maximum Gasteiger partial charge on any atom is 0.191 e. The van der Waals surface area contributed by atoms with E-state index in [9.17, 15) is 0 Å². The van der Waals surface area contributed by atoms with Gasteiger partial charge in [-0.2, -0.15) is 0 Å². The summed E-state index contributed by atoms with van der Waals surface area (Å²) in [6, 6.07) is 12.0. The van der Waals surface area contributed by atoms with Crippen LogP contribution in [-0.4, -0.2) is 33.2 Å². The molecule has 0 fully saturated rings. The van der Waals surface area contributed by atoms with Crippen LogP contribution in [0.25, 0.3) is 0 Å². The van der Waals surface area contributed by atoms with Crippen LogP contribution in [0.5, 0.6) is 5.75 Å². The molecule has 126 valence electrons. The Kier molecular flexibility index (Phi) is 9.20. The van der Waals surface area contributed by atoms with Gasteiger partial charge in [-0.15, -0.1) is 24.0 Å². The normalized spacial score (nSPS) is 10.8. The molecule has 0 atom stereocenters. The molecule has 0 aliphatic carbocycles. The largest absolute Gasteiger partial charge is 0.497 e. The number of hydrogen-bond acceptors (Lipinski definition) is 3. The Balaban J connectivity index is 0.00000264. The van der Waals surface area contributed by atoms with E-state index in [0.717, 1.165) is 43.4 Å². The number of hydrogen-bond donors (Lipinski definition) is 2. The number of guanidine groups is 1. The van der Waals surface area contributed by atoms with Gasteiger partial charge in [0.15, 0.2) is 5.96 Å². The van der Waals surface area contributed by atoms with Crippen LogP contribution in [0.15, 0.2) is 52.1 Å². The number of ether oxygens (including phenoxy) is 1. The van der Waals surface area contributed by atoms with Crippen molar-refractivity contribution in [2.75, 3.05) is 27.2 Å². The van der Waals surface area contributed by atoms with Crippen molar-refractivity contribution in [3.63, 3.8) is 0 Å². The number of rotatable bonds is 7. The zero-order chi connectivity index (χ0) is 15.6. The van der Waals surface area contributed by atoms with Gasteiger partial charge < -0.3 is 19.8 Å². The highest BCUT2D eigenvalue weighted by molar-refractivity contribution is 14.0. The van der Waals surface area contributed by atoms with Crippen LogP contribution >= 0.6 is 24.0 Å². The van der Waals surface area contributed by atoms with E-state index in [1.165, 1.54) is 5.56 Å². The standard InChI is InChI=1S/C17H23N3O2.HI/c1-18-17(20-12-10-16-4-3-13-22-16)19-11-9-14-5-7-15(21-2)8-6-14;/h3-8,13H,9-12H2,1-2H3,(H2,18,19,20);1H. The summed E-state index contributed by atoms with van der Waals surface area (Å²) in [6.07, 6.45) is 3.46. The molecule has 23 heavy (non-hydrogen) atoms. The Labute approximate surface area is 154 Å². The molecule has 0 spiro atoms. The second-order valence-electron chi connectivity index (χ2n) is 4.85. The van der Waals surface area contributed by atoms with Crippen LogP contribution in [0.4, 0.5) is 0 Å². The molecule has 2 aromatic rings. The van der Waals surface area contributed by atoms with Gasteiger partial charge >= 0.3 is 0 Å². The zero-order valence-electron chi connectivity index (χ0n) is 13.5. The summed E-state index contributed by atoms with van der Waals surface area (Å²) in [7, 11) is 3.45. The average Bonchev–Trinajstić information content (AvgIpc) is 3.07. The molecule has 0 aliphatic heterocycles. The number of methoxy groups -OCH3 is 1. The number of nitrogens with one attached hydrogen (secondary N) is 2. The summed E-state index contributed by atoms with van der Waals surface area (Å²) in [5, 5.41) is 6.57. The molecule has 1 aromatic carbocycles. The fourth-order valence-electron chi connectivity index (χ4n) is 2.10. The topological polar surface area (TPSA) is 58.8 Å². The van der Waals surface area contributed by atoms with Crippen molar-refractivity contribution in [1.82, 2.24) is 10.6 Å². The van der Waals surface area contributed by atoms with Crippen LogP contribution in [0.3, 0.4) is 0 Å². The highest BCUT2D eigenvalue weighted by atomic mass is 127. The monoisotopic (exact) mass is 429 g/mol. The molecule has 0 bridgehead atoms. The van der Waals surface area contributed by atoms with Crippen molar-refractivity contribution in [1.29, 1.82) is 0 Å². The highest BCUT2D eigenvalue weighted by Crippen LogP contribution is 2.11. The van der Waals surface area contributed by atoms with E-state index in [-0.39, 0.29) is 24.0 Å². The van der Waals surface area contributed by atoms with Crippen molar-refractivity contribution >= 4 is 29.9 Å². The van der Waals surface area contributed by atoms with Crippen LogP contribution < -0.4 is 15.4 Å². The molecule has 1 heterocycles. The van der Waals surface area contributed by atoms with Crippen molar-refractivity contribution in [3.05, 3.63) is 54.0 Å². The fraction of sp³-hybridized carbons (Fsp3) is 0.353.